The van der Waals surface area contributed by atoms with Gasteiger partial charge in [0.05, 0.1) is 6.61 Å². The molecule has 0 aliphatic heterocycles. The molecule has 1 aromatic carbocycles. The fraction of sp³-hybridized carbons (Fsp3) is 0.474. The molecule has 0 spiro atoms. The molecule has 1 atom stereocenters. The highest BCUT2D eigenvalue weighted by atomic mass is 32.1. The molecule has 0 saturated heterocycles. The Morgan fingerprint density at radius 2 is 2.00 bits per heavy atom. The largest absolute Gasteiger partial charge is 0.491 e. The van der Waals surface area contributed by atoms with E-state index in [0.717, 1.165) is 23.8 Å². The molecule has 0 bridgehead atoms. The van der Waals surface area contributed by atoms with E-state index in [1.807, 2.05) is 29.5 Å². The molecular weight excluding hydrogens is 306 g/mol. The van der Waals surface area contributed by atoms with E-state index in [0.29, 0.717) is 12.6 Å². The molecule has 23 heavy (non-hydrogen) atoms. The zero-order valence-corrected chi connectivity index (χ0v) is 14.2. The summed E-state index contributed by atoms with van der Waals surface area (Å²) in [5, 5.41) is 14.9. The van der Waals surface area contributed by atoms with Crippen molar-refractivity contribution in [2.45, 2.75) is 38.3 Å². The first-order chi connectivity index (χ1) is 11.4. The Morgan fingerprint density at radius 3 is 2.74 bits per heavy atom. The predicted molar refractivity (Wildman–Crippen MR) is 94.9 cm³/mol. The van der Waals surface area contributed by atoms with E-state index in [2.05, 4.69) is 28.9 Å². The lowest BCUT2D eigenvalue weighted by atomic mass is 9.96. The van der Waals surface area contributed by atoms with Gasteiger partial charge in [-0.3, -0.25) is 0 Å². The zero-order valence-electron chi connectivity index (χ0n) is 13.4. The van der Waals surface area contributed by atoms with Crippen LogP contribution in [0.15, 0.2) is 41.8 Å². The maximum Gasteiger partial charge on any atom is 0.123 e. The second-order valence-corrected chi connectivity index (χ2v) is 7.08. The third-order valence-electron chi connectivity index (χ3n) is 4.55. The highest BCUT2D eigenvalue weighted by Crippen LogP contribution is 2.37. The van der Waals surface area contributed by atoms with Crippen LogP contribution in [0.2, 0.25) is 0 Å². The second kappa shape index (κ2) is 8.48. The van der Waals surface area contributed by atoms with E-state index in [9.17, 15) is 0 Å². The van der Waals surface area contributed by atoms with Crippen LogP contribution in [-0.2, 0) is 6.54 Å². The topological polar surface area (TPSA) is 41.5 Å². The van der Waals surface area contributed by atoms with E-state index in [4.69, 9.17) is 9.84 Å². The molecule has 1 aliphatic carbocycles. The van der Waals surface area contributed by atoms with E-state index in [-0.39, 0.29) is 6.61 Å². The summed E-state index contributed by atoms with van der Waals surface area (Å²) in [6.07, 6.45) is 5.34. The summed E-state index contributed by atoms with van der Waals surface area (Å²) in [6.45, 7) is 1.18. The molecule has 1 fully saturated rings. The lowest BCUT2D eigenvalue weighted by Gasteiger charge is -2.24. The summed E-state index contributed by atoms with van der Waals surface area (Å²) >= 11 is 1.84. The van der Waals surface area contributed by atoms with E-state index < -0.39 is 0 Å². The van der Waals surface area contributed by atoms with Crippen LogP contribution in [0.3, 0.4) is 0 Å². The molecule has 1 unspecified atom stereocenters. The van der Waals surface area contributed by atoms with Gasteiger partial charge in [0, 0.05) is 23.0 Å². The molecular formula is C19H25NO2S. The fourth-order valence-electron chi connectivity index (χ4n) is 3.42. The van der Waals surface area contributed by atoms with Gasteiger partial charge in [-0.15, -0.1) is 11.3 Å². The summed E-state index contributed by atoms with van der Waals surface area (Å²) in [7, 11) is 0. The molecule has 2 N–H and O–H groups in total. The lowest BCUT2D eigenvalue weighted by molar-refractivity contribution is 0.200. The van der Waals surface area contributed by atoms with Crippen LogP contribution in [0.5, 0.6) is 5.75 Å². The highest BCUT2D eigenvalue weighted by molar-refractivity contribution is 7.10. The fourth-order valence-corrected chi connectivity index (χ4v) is 4.32. The Labute approximate surface area is 142 Å². The predicted octanol–water partition coefficient (Wildman–Crippen LogP) is 4.14. The standard InChI is InChI=1S/C19H25NO2S/c21-11-12-22-17-9-4-3-8-16(17)14-20-19(15-6-1-2-7-15)18-10-5-13-23-18/h3-5,8-10,13,15,19-21H,1-2,6-7,11-12,14H2. The smallest absolute Gasteiger partial charge is 0.123 e. The molecule has 0 amide bonds. The molecule has 2 aromatic rings. The quantitative estimate of drug-likeness (QED) is 0.764. The highest BCUT2D eigenvalue weighted by Gasteiger charge is 2.26. The summed E-state index contributed by atoms with van der Waals surface area (Å²) in [5.74, 6) is 1.60. The number of aliphatic hydroxyl groups excluding tert-OH is 1. The second-order valence-electron chi connectivity index (χ2n) is 6.10. The van der Waals surface area contributed by atoms with Crippen molar-refractivity contribution < 1.29 is 9.84 Å². The summed E-state index contributed by atoms with van der Waals surface area (Å²) < 4.78 is 5.65. The van der Waals surface area contributed by atoms with Gasteiger partial charge in [-0.1, -0.05) is 37.1 Å². The number of nitrogens with one attached hydrogen (secondary N) is 1. The Bertz CT molecular complexity index is 579. The molecule has 124 valence electrons. The third-order valence-corrected chi connectivity index (χ3v) is 5.51. The summed E-state index contributed by atoms with van der Waals surface area (Å²) in [6, 6.07) is 12.9. The normalized spacial score (nSPS) is 16.6. The van der Waals surface area contributed by atoms with E-state index >= 15 is 0 Å². The minimum absolute atomic E-state index is 0.0433. The van der Waals surface area contributed by atoms with Crippen LogP contribution in [0.4, 0.5) is 0 Å². The number of thiophene rings is 1. The molecule has 3 rings (SSSR count). The van der Waals surface area contributed by atoms with Crippen LogP contribution in [0, 0.1) is 5.92 Å². The Morgan fingerprint density at radius 1 is 1.17 bits per heavy atom. The average Bonchev–Trinajstić information content (AvgIpc) is 3.28. The number of hydrogen-bond donors (Lipinski definition) is 2. The molecule has 1 aromatic heterocycles. The van der Waals surface area contributed by atoms with Gasteiger partial charge in [0.15, 0.2) is 0 Å². The Balaban J connectivity index is 1.69. The van der Waals surface area contributed by atoms with Crippen molar-refractivity contribution in [1.29, 1.82) is 0 Å². The monoisotopic (exact) mass is 331 g/mol. The van der Waals surface area contributed by atoms with Crippen molar-refractivity contribution in [3.63, 3.8) is 0 Å². The number of para-hydroxylation sites is 1. The molecule has 3 nitrogen and oxygen atoms in total. The van der Waals surface area contributed by atoms with Crippen LogP contribution >= 0.6 is 11.3 Å². The Hall–Kier alpha value is -1.36. The SMILES string of the molecule is OCCOc1ccccc1CNC(c1cccs1)C1CCCC1. The molecule has 1 heterocycles. The molecule has 1 aliphatic rings. The van der Waals surface area contributed by atoms with Crippen molar-refractivity contribution in [2.75, 3.05) is 13.2 Å². The summed E-state index contributed by atoms with van der Waals surface area (Å²) in [4.78, 5) is 1.44. The van der Waals surface area contributed by atoms with E-state index in [1.54, 1.807) is 0 Å². The van der Waals surface area contributed by atoms with Gasteiger partial charge < -0.3 is 15.2 Å². The maximum absolute atomic E-state index is 8.97. The van der Waals surface area contributed by atoms with Gasteiger partial charge >= 0.3 is 0 Å². The van der Waals surface area contributed by atoms with Crippen molar-refractivity contribution in [3.05, 3.63) is 52.2 Å². The third kappa shape index (κ3) is 4.34. The first kappa shape index (κ1) is 16.5. The van der Waals surface area contributed by atoms with Gasteiger partial charge in [0.25, 0.3) is 0 Å². The first-order valence-corrected chi connectivity index (χ1v) is 9.35. The number of hydrogen-bond acceptors (Lipinski definition) is 4. The number of benzene rings is 1. The van der Waals surface area contributed by atoms with Crippen molar-refractivity contribution in [3.8, 4) is 5.75 Å². The van der Waals surface area contributed by atoms with Crippen molar-refractivity contribution >= 4 is 11.3 Å². The summed E-state index contributed by atoms with van der Waals surface area (Å²) in [5.41, 5.74) is 1.15. The van der Waals surface area contributed by atoms with Crippen LogP contribution in [-0.4, -0.2) is 18.3 Å². The minimum atomic E-state index is 0.0433. The maximum atomic E-state index is 8.97. The van der Waals surface area contributed by atoms with Crippen LogP contribution in [0.25, 0.3) is 0 Å². The average molecular weight is 331 g/mol. The lowest BCUT2D eigenvalue weighted by Crippen LogP contribution is -2.26. The Kier molecular flexibility index (Phi) is 6.08. The van der Waals surface area contributed by atoms with Gasteiger partial charge in [-0.25, -0.2) is 0 Å². The van der Waals surface area contributed by atoms with Gasteiger partial charge in [0.2, 0.25) is 0 Å². The van der Waals surface area contributed by atoms with Crippen molar-refractivity contribution in [1.82, 2.24) is 5.32 Å². The van der Waals surface area contributed by atoms with Gasteiger partial charge in [-0.05, 0) is 36.3 Å². The first-order valence-electron chi connectivity index (χ1n) is 8.47. The van der Waals surface area contributed by atoms with Crippen LogP contribution in [0.1, 0.15) is 42.2 Å². The van der Waals surface area contributed by atoms with Gasteiger partial charge in [-0.2, -0.15) is 0 Å². The molecule has 0 radical (unpaired) electrons. The number of ether oxygens (including phenoxy) is 1. The van der Waals surface area contributed by atoms with Crippen LogP contribution < -0.4 is 10.1 Å². The zero-order chi connectivity index (χ0) is 15.9. The van der Waals surface area contributed by atoms with Crippen molar-refractivity contribution in [2.24, 2.45) is 5.92 Å². The molecule has 4 heteroatoms. The minimum Gasteiger partial charge on any atom is -0.491 e. The number of rotatable bonds is 8. The molecule has 1 saturated carbocycles. The number of aliphatic hydroxyl groups is 1. The van der Waals surface area contributed by atoms with E-state index in [1.165, 1.54) is 30.6 Å². The van der Waals surface area contributed by atoms with Gasteiger partial charge in [0.1, 0.15) is 12.4 Å².